The van der Waals surface area contributed by atoms with E-state index in [9.17, 15) is 4.79 Å². The molecule has 1 amide bonds. The molecule has 0 aromatic heterocycles. The number of hydrogen-bond acceptors (Lipinski definition) is 1. The summed E-state index contributed by atoms with van der Waals surface area (Å²) in [5, 5.41) is 0. The molecule has 1 aromatic carbocycles. The zero-order chi connectivity index (χ0) is 12.1. The van der Waals surface area contributed by atoms with Crippen molar-refractivity contribution < 1.29 is 4.79 Å². The van der Waals surface area contributed by atoms with E-state index in [0.29, 0.717) is 6.54 Å². The number of allylic oxidation sites excluding steroid dienone is 1. The standard InChI is InChI=1S/C15H19NO/c1-13(17)16(15-10-6-3-7-11-15)12-14-8-4-2-5-9-14/h2,4-6,8-10,15H,3,7,11-12H2,1H3. The lowest BCUT2D eigenvalue weighted by molar-refractivity contribution is -0.131. The molecule has 2 heteroatoms. The lowest BCUT2D eigenvalue weighted by Crippen LogP contribution is -2.37. The molecule has 1 unspecified atom stereocenters. The molecular formula is C15H19NO. The van der Waals surface area contributed by atoms with Crippen molar-refractivity contribution in [3.8, 4) is 0 Å². The molecule has 1 aliphatic rings. The molecule has 90 valence electrons. The molecule has 0 fully saturated rings. The Balaban J connectivity index is 2.10. The molecule has 2 nitrogen and oxygen atoms in total. The Bertz CT molecular complexity index is 397. The molecule has 0 aliphatic heterocycles. The molecule has 2 rings (SSSR count). The van der Waals surface area contributed by atoms with Crippen LogP contribution in [0, 0.1) is 0 Å². The van der Waals surface area contributed by atoms with Crippen molar-refractivity contribution in [2.45, 2.75) is 38.8 Å². The van der Waals surface area contributed by atoms with Crippen molar-refractivity contribution in [3.05, 3.63) is 48.0 Å². The number of nitrogens with zero attached hydrogens (tertiary/aromatic N) is 1. The molecule has 17 heavy (non-hydrogen) atoms. The Kier molecular flexibility index (Phi) is 3.97. The lowest BCUT2D eigenvalue weighted by Gasteiger charge is -2.30. The number of benzene rings is 1. The fraction of sp³-hybridized carbons (Fsp3) is 0.400. The van der Waals surface area contributed by atoms with Crippen LogP contribution in [0.4, 0.5) is 0 Å². The SMILES string of the molecule is CC(=O)N(Cc1ccccc1)C1C=CCCC1. The van der Waals surface area contributed by atoms with Crippen LogP contribution in [-0.2, 0) is 11.3 Å². The minimum absolute atomic E-state index is 0.158. The van der Waals surface area contributed by atoms with Gasteiger partial charge in [0, 0.05) is 13.5 Å². The highest BCUT2D eigenvalue weighted by atomic mass is 16.2. The van der Waals surface area contributed by atoms with Crippen LogP contribution < -0.4 is 0 Å². The van der Waals surface area contributed by atoms with E-state index in [2.05, 4.69) is 24.3 Å². The maximum absolute atomic E-state index is 11.7. The molecule has 0 bridgehead atoms. The van der Waals surface area contributed by atoms with E-state index >= 15 is 0 Å². The minimum Gasteiger partial charge on any atom is -0.332 e. The molecule has 1 aromatic rings. The number of carbonyl (C=O) groups is 1. The molecule has 0 radical (unpaired) electrons. The normalized spacial score (nSPS) is 19.0. The highest BCUT2D eigenvalue weighted by molar-refractivity contribution is 5.74. The van der Waals surface area contributed by atoms with E-state index in [1.807, 2.05) is 23.1 Å². The first-order valence-electron chi connectivity index (χ1n) is 6.25. The van der Waals surface area contributed by atoms with Crippen LogP contribution in [0.25, 0.3) is 0 Å². The summed E-state index contributed by atoms with van der Waals surface area (Å²) in [4.78, 5) is 13.7. The van der Waals surface area contributed by atoms with Gasteiger partial charge in [-0.3, -0.25) is 4.79 Å². The van der Waals surface area contributed by atoms with Crippen LogP contribution in [-0.4, -0.2) is 16.8 Å². The first-order valence-corrected chi connectivity index (χ1v) is 6.25. The number of hydrogen-bond donors (Lipinski definition) is 0. The van der Waals surface area contributed by atoms with Crippen LogP contribution in [0.1, 0.15) is 31.7 Å². The van der Waals surface area contributed by atoms with Gasteiger partial charge in [0.15, 0.2) is 0 Å². The van der Waals surface area contributed by atoms with Crippen molar-refractivity contribution >= 4 is 5.91 Å². The molecule has 0 heterocycles. The molecule has 0 spiro atoms. The van der Waals surface area contributed by atoms with Crippen molar-refractivity contribution in [3.63, 3.8) is 0 Å². The van der Waals surface area contributed by atoms with Gasteiger partial charge in [0.05, 0.1) is 6.04 Å². The quantitative estimate of drug-likeness (QED) is 0.729. The Morgan fingerprint density at radius 1 is 1.35 bits per heavy atom. The van der Waals surface area contributed by atoms with E-state index in [-0.39, 0.29) is 11.9 Å². The third-order valence-corrected chi connectivity index (χ3v) is 3.23. The van der Waals surface area contributed by atoms with Gasteiger partial charge in [0.25, 0.3) is 0 Å². The topological polar surface area (TPSA) is 20.3 Å². The van der Waals surface area contributed by atoms with Crippen LogP contribution in [0.15, 0.2) is 42.5 Å². The van der Waals surface area contributed by atoms with Gasteiger partial charge in [0.2, 0.25) is 5.91 Å². The second-order valence-electron chi connectivity index (χ2n) is 4.56. The fourth-order valence-corrected chi connectivity index (χ4v) is 2.30. The number of carbonyl (C=O) groups excluding carboxylic acids is 1. The van der Waals surface area contributed by atoms with Gasteiger partial charge in [-0.05, 0) is 24.8 Å². The Morgan fingerprint density at radius 3 is 2.71 bits per heavy atom. The van der Waals surface area contributed by atoms with E-state index < -0.39 is 0 Å². The zero-order valence-electron chi connectivity index (χ0n) is 10.3. The van der Waals surface area contributed by atoms with Crippen molar-refractivity contribution in [2.75, 3.05) is 0 Å². The first kappa shape index (κ1) is 11.9. The number of amides is 1. The summed E-state index contributed by atoms with van der Waals surface area (Å²) in [6, 6.07) is 10.5. The Morgan fingerprint density at radius 2 is 2.12 bits per heavy atom. The average molecular weight is 229 g/mol. The van der Waals surface area contributed by atoms with Gasteiger partial charge in [0.1, 0.15) is 0 Å². The van der Waals surface area contributed by atoms with Crippen LogP contribution in [0.3, 0.4) is 0 Å². The van der Waals surface area contributed by atoms with Gasteiger partial charge >= 0.3 is 0 Å². The van der Waals surface area contributed by atoms with E-state index in [0.717, 1.165) is 12.8 Å². The van der Waals surface area contributed by atoms with Gasteiger partial charge in [-0.2, -0.15) is 0 Å². The van der Waals surface area contributed by atoms with E-state index in [1.54, 1.807) is 6.92 Å². The van der Waals surface area contributed by atoms with Crippen molar-refractivity contribution in [1.29, 1.82) is 0 Å². The third kappa shape index (κ3) is 3.19. The minimum atomic E-state index is 0.158. The monoisotopic (exact) mass is 229 g/mol. The predicted molar refractivity (Wildman–Crippen MR) is 69.4 cm³/mol. The Hall–Kier alpha value is -1.57. The van der Waals surface area contributed by atoms with Gasteiger partial charge < -0.3 is 4.90 Å². The molecule has 0 saturated heterocycles. The summed E-state index contributed by atoms with van der Waals surface area (Å²) >= 11 is 0. The van der Waals surface area contributed by atoms with Gasteiger partial charge in [-0.25, -0.2) is 0 Å². The molecule has 0 saturated carbocycles. The van der Waals surface area contributed by atoms with E-state index in [4.69, 9.17) is 0 Å². The molecule has 1 aliphatic carbocycles. The van der Waals surface area contributed by atoms with E-state index in [1.165, 1.54) is 12.0 Å². The highest BCUT2D eigenvalue weighted by Gasteiger charge is 2.19. The zero-order valence-corrected chi connectivity index (χ0v) is 10.3. The summed E-state index contributed by atoms with van der Waals surface area (Å²) in [5.41, 5.74) is 1.20. The third-order valence-electron chi connectivity index (χ3n) is 3.23. The maximum atomic E-state index is 11.7. The van der Waals surface area contributed by atoms with Crippen LogP contribution in [0.5, 0.6) is 0 Å². The van der Waals surface area contributed by atoms with Crippen molar-refractivity contribution in [1.82, 2.24) is 4.90 Å². The summed E-state index contributed by atoms with van der Waals surface area (Å²) < 4.78 is 0. The maximum Gasteiger partial charge on any atom is 0.220 e. The predicted octanol–water partition coefficient (Wildman–Crippen LogP) is 3.14. The smallest absolute Gasteiger partial charge is 0.220 e. The average Bonchev–Trinajstić information content (AvgIpc) is 2.38. The van der Waals surface area contributed by atoms with Gasteiger partial charge in [-0.1, -0.05) is 42.5 Å². The van der Waals surface area contributed by atoms with Crippen LogP contribution in [0.2, 0.25) is 0 Å². The largest absolute Gasteiger partial charge is 0.332 e. The van der Waals surface area contributed by atoms with Gasteiger partial charge in [-0.15, -0.1) is 0 Å². The first-order chi connectivity index (χ1) is 8.27. The lowest BCUT2D eigenvalue weighted by atomic mass is 10.0. The van der Waals surface area contributed by atoms with Crippen LogP contribution >= 0.6 is 0 Å². The highest BCUT2D eigenvalue weighted by Crippen LogP contribution is 2.19. The molecular weight excluding hydrogens is 210 g/mol. The second kappa shape index (κ2) is 5.67. The van der Waals surface area contributed by atoms with Crippen molar-refractivity contribution in [2.24, 2.45) is 0 Å². The fourth-order valence-electron chi connectivity index (χ4n) is 2.30. The molecule has 0 N–H and O–H groups in total. The number of rotatable bonds is 3. The summed E-state index contributed by atoms with van der Waals surface area (Å²) in [6.07, 6.45) is 7.78. The summed E-state index contributed by atoms with van der Waals surface area (Å²) in [7, 11) is 0. The summed E-state index contributed by atoms with van der Waals surface area (Å²) in [5.74, 6) is 0.158. The second-order valence-corrected chi connectivity index (χ2v) is 4.56. The molecule has 1 atom stereocenters. The Labute approximate surface area is 103 Å². The summed E-state index contributed by atoms with van der Waals surface area (Å²) in [6.45, 7) is 2.37.